The summed E-state index contributed by atoms with van der Waals surface area (Å²) in [5.74, 6) is 0.234. The van der Waals surface area contributed by atoms with Crippen LogP contribution in [0.3, 0.4) is 0 Å². The number of rotatable bonds is 4. The molecule has 178 valence electrons. The number of carbonyl (C=O) groups excluding carboxylic acids is 2. The minimum Gasteiger partial charge on any atom is -0.422 e. The quantitative estimate of drug-likeness (QED) is 0.303. The van der Waals surface area contributed by atoms with Gasteiger partial charge in [-0.1, -0.05) is 77.9 Å². The zero-order valence-electron chi connectivity index (χ0n) is 21.4. The Balaban J connectivity index is 1.81. The summed E-state index contributed by atoms with van der Waals surface area (Å²) >= 11 is 0. The number of esters is 2. The highest BCUT2D eigenvalue weighted by Crippen LogP contribution is 2.35. The van der Waals surface area contributed by atoms with E-state index in [1.807, 2.05) is 50.2 Å². The van der Waals surface area contributed by atoms with Crippen LogP contribution in [0.5, 0.6) is 11.5 Å². The summed E-state index contributed by atoms with van der Waals surface area (Å²) in [5, 5.41) is 0. The van der Waals surface area contributed by atoms with Crippen molar-refractivity contribution < 1.29 is 19.1 Å². The summed E-state index contributed by atoms with van der Waals surface area (Å²) < 4.78 is 11.6. The number of benzene rings is 3. The van der Waals surface area contributed by atoms with Gasteiger partial charge in [-0.3, -0.25) is 0 Å². The van der Waals surface area contributed by atoms with Crippen LogP contribution in [0.15, 0.2) is 60.7 Å². The molecule has 0 N–H and O–H groups in total. The van der Waals surface area contributed by atoms with E-state index in [0.29, 0.717) is 22.6 Å². The molecule has 0 spiro atoms. The zero-order valence-corrected chi connectivity index (χ0v) is 21.4. The first-order chi connectivity index (χ1) is 15.8. The number of ether oxygens (including phenoxy) is 2. The second-order valence-corrected chi connectivity index (χ2v) is 10.8. The van der Waals surface area contributed by atoms with Gasteiger partial charge in [0.15, 0.2) is 0 Å². The lowest BCUT2D eigenvalue weighted by Crippen LogP contribution is -2.18. The maximum Gasteiger partial charge on any atom is 0.343 e. The second-order valence-electron chi connectivity index (χ2n) is 10.8. The Morgan fingerprint density at radius 1 is 0.559 bits per heavy atom. The molecule has 3 aromatic carbocycles. The molecule has 0 aliphatic carbocycles. The van der Waals surface area contributed by atoms with Crippen molar-refractivity contribution in [1.29, 1.82) is 0 Å². The fraction of sp³-hybridized carbons (Fsp3) is 0.333. The van der Waals surface area contributed by atoms with Gasteiger partial charge in [0.25, 0.3) is 0 Å². The van der Waals surface area contributed by atoms with Crippen LogP contribution in [0.2, 0.25) is 0 Å². The van der Waals surface area contributed by atoms with Crippen molar-refractivity contribution in [2.24, 2.45) is 0 Å². The van der Waals surface area contributed by atoms with Crippen molar-refractivity contribution in [2.75, 3.05) is 0 Å². The van der Waals surface area contributed by atoms with Crippen LogP contribution in [-0.4, -0.2) is 11.9 Å². The molecular weight excluding hydrogens is 424 g/mol. The predicted octanol–water partition coefficient (Wildman–Crippen LogP) is 7.34. The molecule has 0 unspecified atom stereocenters. The van der Waals surface area contributed by atoms with Gasteiger partial charge in [-0.2, -0.15) is 0 Å². The molecule has 34 heavy (non-hydrogen) atoms. The molecule has 0 radical (unpaired) electrons. The molecule has 0 saturated carbocycles. The van der Waals surface area contributed by atoms with Crippen molar-refractivity contribution in [3.63, 3.8) is 0 Å². The van der Waals surface area contributed by atoms with Gasteiger partial charge in [0.2, 0.25) is 0 Å². The smallest absolute Gasteiger partial charge is 0.343 e. The average molecular weight is 459 g/mol. The monoisotopic (exact) mass is 458 g/mol. The van der Waals surface area contributed by atoms with Gasteiger partial charge in [-0.25, -0.2) is 9.59 Å². The van der Waals surface area contributed by atoms with Crippen LogP contribution in [0.1, 0.15) is 84.5 Å². The van der Waals surface area contributed by atoms with Crippen LogP contribution in [0.4, 0.5) is 0 Å². The molecule has 0 aliphatic rings. The van der Waals surface area contributed by atoms with E-state index >= 15 is 0 Å². The molecule has 3 rings (SSSR count). The standard InChI is InChI=1S/C30H34O4/c1-19-11-9-13-23(29(3,4)5)25(19)33-27(31)21-15-17-22(18-16-21)28(32)34-26-20(2)12-10-14-24(26)30(6,7)8/h9-18H,1-8H3. The van der Waals surface area contributed by atoms with Crippen LogP contribution in [-0.2, 0) is 10.8 Å². The first-order valence-corrected chi connectivity index (χ1v) is 11.5. The van der Waals surface area contributed by atoms with Crippen molar-refractivity contribution in [1.82, 2.24) is 0 Å². The first-order valence-electron chi connectivity index (χ1n) is 11.5. The molecule has 4 nitrogen and oxygen atoms in total. The number of hydrogen-bond donors (Lipinski definition) is 0. The van der Waals surface area contributed by atoms with Crippen LogP contribution in [0, 0.1) is 13.8 Å². The number of carbonyl (C=O) groups is 2. The second kappa shape index (κ2) is 9.46. The van der Waals surface area contributed by atoms with Crippen LogP contribution < -0.4 is 9.47 Å². The highest BCUT2D eigenvalue weighted by molar-refractivity contribution is 5.95. The minimum atomic E-state index is -0.464. The number of para-hydroxylation sites is 2. The molecule has 4 heteroatoms. The average Bonchev–Trinajstić information content (AvgIpc) is 2.75. The van der Waals surface area contributed by atoms with E-state index in [1.54, 1.807) is 24.3 Å². The van der Waals surface area contributed by atoms with Gasteiger partial charge < -0.3 is 9.47 Å². The minimum absolute atomic E-state index is 0.170. The van der Waals surface area contributed by atoms with Crippen LogP contribution >= 0.6 is 0 Å². The molecule has 0 atom stereocenters. The lowest BCUT2D eigenvalue weighted by molar-refractivity contribution is 0.0716. The molecule has 0 heterocycles. The summed E-state index contributed by atoms with van der Waals surface area (Å²) in [6, 6.07) is 18.1. The Morgan fingerprint density at radius 2 is 0.882 bits per heavy atom. The van der Waals surface area contributed by atoms with Gasteiger partial charge in [0.1, 0.15) is 11.5 Å². The van der Waals surface area contributed by atoms with E-state index in [2.05, 4.69) is 41.5 Å². The molecule has 0 amide bonds. The highest BCUT2D eigenvalue weighted by Gasteiger charge is 2.24. The van der Waals surface area contributed by atoms with Gasteiger partial charge in [0.05, 0.1) is 11.1 Å². The Hall–Kier alpha value is -3.40. The largest absolute Gasteiger partial charge is 0.422 e. The summed E-state index contributed by atoms with van der Waals surface area (Å²) in [7, 11) is 0. The van der Waals surface area contributed by atoms with Gasteiger partial charge in [-0.15, -0.1) is 0 Å². The molecular formula is C30H34O4. The van der Waals surface area contributed by atoms with E-state index in [-0.39, 0.29) is 10.8 Å². The SMILES string of the molecule is Cc1cccc(C(C)(C)C)c1OC(=O)c1ccc(C(=O)Oc2c(C)cccc2C(C)(C)C)cc1. The number of hydrogen-bond acceptors (Lipinski definition) is 4. The Bertz CT molecular complexity index is 1110. The molecule has 0 bridgehead atoms. The van der Waals surface area contributed by atoms with Gasteiger partial charge in [-0.05, 0) is 60.1 Å². The zero-order chi connectivity index (χ0) is 25.3. The van der Waals surface area contributed by atoms with Crippen molar-refractivity contribution >= 4 is 11.9 Å². The highest BCUT2D eigenvalue weighted by atomic mass is 16.5. The molecule has 0 fully saturated rings. The van der Waals surface area contributed by atoms with Gasteiger partial charge >= 0.3 is 11.9 Å². The number of aryl methyl sites for hydroxylation is 2. The fourth-order valence-electron chi connectivity index (χ4n) is 3.80. The molecule has 3 aromatic rings. The fourth-order valence-corrected chi connectivity index (χ4v) is 3.80. The van der Waals surface area contributed by atoms with E-state index in [9.17, 15) is 9.59 Å². The first kappa shape index (κ1) is 25.2. The van der Waals surface area contributed by atoms with Crippen molar-refractivity contribution in [3.05, 3.63) is 94.0 Å². The Morgan fingerprint density at radius 3 is 1.18 bits per heavy atom. The molecule has 0 aliphatic heterocycles. The summed E-state index contributed by atoms with van der Waals surface area (Å²) in [4.78, 5) is 25.8. The third-order valence-corrected chi connectivity index (χ3v) is 5.79. The van der Waals surface area contributed by atoms with E-state index in [1.165, 1.54) is 0 Å². The van der Waals surface area contributed by atoms with E-state index < -0.39 is 11.9 Å². The summed E-state index contributed by atoms with van der Waals surface area (Å²) in [5.41, 5.74) is 4.12. The molecule has 0 aromatic heterocycles. The lowest BCUT2D eigenvalue weighted by Gasteiger charge is -2.23. The Labute approximate surface area is 202 Å². The van der Waals surface area contributed by atoms with Crippen LogP contribution in [0.25, 0.3) is 0 Å². The van der Waals surface area contributed by atoms with E-state index in [0.717, 1.165) is 22.3 Å². The maximum absolute atomic E-state index is 12.9. The van der Waals surface area contributed by atoms with Gasteiger partial charge in [0, 0.05) is 11.1 Å². The predicted molar refractivity (Wildman–Crippen MR) is 136 cm³/mol. The van der Waals surface area contributed by atoms with Crippen molar-refractivity contribution in [2.45, 2.75) is 66.2 Å². The third kappa shape index (κ3) is 5.56. The summed E-state index contributed by atoms with van der Waals surface area (Å²) in [6.45, 7) is 16.3. The lowest BCUT2D eigenvalue weighted by atomic mass is 9.85. The Kier molecular flexibility index (Phi) is 7.02. The maximum atomic E-state index is 12.9. The normalized spacial score (nSPS) is 11.8. The topological polar surface area (TPSA) is 52.6 Å². The van der Waals surface area contributed by atoms with E-state index in [4.69, 9.17) is 9.47 Å². The summed E-state index contributed by atoms with van der Waals surface area (Å²) in [6.07, 6.45) is 0. The molecule has 0 saturated heterocycles. The van der Waals surface area contributed by atoms with Crippen molar-refractivity contribution in [3.8, 4) is 11.5 Å². The third-order valence-electron chi connectivity index (χ3n) is 5.79.